The van der Waals surface area contributed by atoms with Crippen LogP contribution in [0.15, 0.2) is 17.5 Å². The molecular weight excluding hydrogens is 320 g/mol. The molecule has 5 heteroatoms. The summed E-state index contributed by atoms with van der Waals surface area (Å²) in [6.07, 6.45) is 2.18. The Bertz CT molecular complexity index is 523. The van der Waals surface area contributed by atoms with Crippen LogP contribution in [0.4, 0.5) is 0 Å². The molecule has 1 aromatic rings. The molecule has 24 heavy (non-hydrogen) atoms. The standard InChI is InChI=1S/C19H30N2O2S/c1-14(2)19(23)21-7-5-15(6-8-21)18-12-20(10-16(18)13-22)11-17-4-3-9-24-17/h3-4,9,14-16,18,22H,5-8,10-13H2,1-2H3/t16-,18-/m0/s1. The number of likely N-dealkylation sites (tertiary alicyclic amines) is 2. The summed E-state index contributed by atoms with van der Waals surface area (Å²) < 4.78 is 0. The van der Waals surface area contributed by atoms with Gasteiger partial charge in [-0.2, -0.15) is 0 Å². The van der Waals surface area contributed by atoms with Crippen molar-refractivity contribution in [2.75, 3.05) is 32.8 Å². The van der Waals surface area contributed by atoms with Gasteiger partial charge in [0, 0.05) is 50.1 Å². The van der Waals surface area contributed by atoms with Gasteiger partial charge in [-0.25, -0.2) is 0 Å². The molecule has 1 amide bonds. The van der Waals surface area contributed by atoms with Crippen LogP contribution in [0.2, 0.25) is 0 Å². The third kappa shape index (κ3) is 4.01. The maximum Gasteiger partial charge on any atom is 0.225 e. The molecule has 2 saturated heterocycles. The van der Waals surface area contributed by atoms with Gasteiger partial charge in [0.05, 0.1) is 0 Å². The van der Waals surface area contributed by atoms with Crippen LogP contribution < -0.4 is 0 Å². The number of hydrogen-bond donors (Lipinski definition) is 1. The van der Waals surface area contributed by atoms with Crippen molar-refractivity contribution in [3.63, 3.8) is 0 Å². The first-order chi connectivity index (χ1) is 11.6. The second kappa shape index (κ2) is 7.98. The Hall–Kier alpha value is -0.910. The summed E-state index contributed by atoms with van der Waals surface area (Å²) in [6, 6.07) is 4.31. The van der Waals surface area contributed by atoms with E-state index < -0.39 is 0 Å². The summed E-state index contributed by atoms with van der Waals surface area (Å²) in [5, 5.41) is 12.0. The molecule has 2 aliphatic heterocycles. The summed E-state index contributed by atoms with van der Waals surface area (Å²) in [5.41, 5.74) is 0. The number of hydrogen-bond acceptors (Lipinski definition) is 4. The first-order valence-corrected chi connectivity index (χ1v) is 10.1. The van der Waals surface area contributed by atoms with Crippen molar-refractivity contribution in [3.8, 4) is 0 Å². The van der Waals surface area contributed by atoms with Crippen LogP contribution in [0, 0.1) is 23.7 Å². The van der Waals surface area contributed by atoms with Crippen molar-refractivity contribution in [2.45, 2.75) is 33.2 Å². The van der Waals surface area contributed by atoms with Gasteiger partial charge in [0.1, 0.15) is 0 Å². The van der Waals surface area contributed by atoms with Gasteiger partial charge in [-0.3, -0.25) is 9.69 Å². The zero-order chi connectivity index (χ0) is 17.1. The second-order valence-corrected chi connectivity index (χ2v) is 8.73. The van der Waals surface area contributed by atoms with E-state index in [2.05, 4.69) is 22.4 Å². The van der Waals surface area contributed by atoms with Gasteiger partial charge in [0.25, 0.3) is 0 Å². The Kier molecular flexibility index (Phi) is 5.95. The number of amides is 1. The normalized spacial score (nSPS) is 26.4. The molecular formula is C19H30N2O2S. The van der Waals surface area contributed by atoms with E-state index in [-0.39, 0.29) is 18.4 Å². The molecule has 0 bridgehead atoms. The zero-order valence-electron chi connectivity index (χ0n) is 14.9. The quantitative estimate of drug-likeness (QED) is 0.888. The Morgan fingerprint density at radius 3 is 2.67 bits per heavy atom. The highest BCUT2D eigenvalue weighted by Crippen LogP contribution is 2.36. The fourth-order valence-electron chi connectivity index (χ4n) is 4.38. The van der Waals surface area contributed by atoms with Crippen LogP contribution in [-0.4, -0.2) is 53.6 Å². The number of rotatable bonds is 5. The Labute approximate surface area is 149 Å². The van der Waals surface area contributed by atoms with Crippen molar-refractivity contribution in [1.29, 1.82) is 0 Å². The highest BCUT2D eigenvalue weighted by molar-refractivity contribution is 7.09. The van der Waals surface area contributed by atoms with Crippen LogP contribution in [-0.2, 0) is 11.3 Å². The molecule has 2 atom stereocenters. The zero-order valence-corrected chi connectivity index (χ0v) is 15.7. The van der Waals surface area contributed by atoms with Crippen molar-refractivity contribution in [3.05, 3.63) is 22.4 Å². The number of piperidine rings is 1. The van der Waals surface area contributed by atoms with Crippen LogP contribution in [0.25, 0.3) is 0 Å². The van der Waals surface area contributed by atoms with Gasteiger partial charge in [-0.15, -0.1) is 11.3 Å². The topological polar surface area (TPSA) is 43.8 Å². The van der Waals surface area contributed by atoms with Gasteiger partial charge in [-0.05, 0) is 42.0 Å². The van der Waals surface area contributed by atoms with E-state index in [1.54, 1.807) is 0 Å². The molecule has 0 aliphatic carbocycles. The molecule has 2 aliphatic rings. The Balaban J connectivity index is 1.55. The summed E-state index contributed by atoms with van der Waals surface area (Å²) in [5.74, 6) is 2.00. The predicted molar refractivity (Wildman–Crippen MR) is 97.8 cm³/mol. The average Bonchev–Trinajstić information content (AvgIpc) is 3.24. The fourth-order valence-corrected chi connectivity index (χ4v) is 5.13. The lowest BCUT2D eigenvalue weighted by Gasteiger charge is -2.37. The first kappa shape index (κ1) is 17.9. The summed E-state index contributed by atoms with van der Waals surface area (Å²) in [4.78, 5) is 18.1. The van der Waals surface area contributed by atoms with Crippen LogP contribution >= 0.6 is 11.3 Å². The van der Waals surface area contributed by atoms with Crippen LogP contribution in [0.1, 0.15) is 31.6 Å². The molecule has 3 rings (SSSR count). The van der Waals surface area contributed by atoms with Gasteiger partial charge in [0.15, 0.2) is 0 Å². The summed E-state index contributed by atoms with van der Waals surface area (Å²) in [7, 11) is 0. The highest BCUT2D eigenvalue weighted by Gasteiger charge is 2.39. The maximum atomic E-state index is 12.2. The first-order valence-electron chi connectivity index (χ1n) is 9.23. The molecule has 4 nitrogen and oxygen atoms in total. The van der Waals surface area contributed by atoms with E-state index in [9.17, 15) is 9.90 Å². The van der Waals surface area contributed by atoms with Gasteiger partial charge >= 0.3 is 0 Å². The number of carbonyl (C=O) groups is 1. The largest absolute Gasteiger partial charge is 0.396 e. The van der Waals surface area contributed by atoms with E-state index in [0.717, 1.165) is 45.6 Å². The lowest BCUT2D eigenvalue weighted by molar-refractivity contribution is -0.136. The molecule has 0 spiro atoms. The van der Waals surface area contributed by atoms with Crippen molar-refractivity contribution < 1.29 is 9.90 Å². The average molecular weight is 351 g/mol. The SMILES string of the molecule is CC(C)C(=O)N1CCC([C@@H]2CN(Cc3cccs3)C[C@H]2CO)CC1. The molecule has 1 aromatic heterocycles. The monoisotopic (exact) mass is 350 g/mol. The lowest BCUT2D eigenvalue weighted by Crippen LogP contribution is -2.43. The number of aliphatic hydroxyl groups is 1. The molecule has 0 radical (unpaired) electrons. The van der Waals surface area contributed by atoms with Gasteiger partial charge in [0.2, 0.25) is 5.91 Å². The third-order valence-electron chi connectivity index (χ3n) is 5.71. The van der Waals surface area contributed by atoms with E-state index in [1.807, 2.05) is 30.1 Å². The number of aliphatic hydroxyl groups excluding tert-OH is 1. The van der Waals surface area contributed by atoms with Crippen LogP contribution in [0.5, 0.6) is 0 Å². The Morgan fingerprint density at radius 1 is 1.33 bits per heavy atom. The molecule has 1 N–H and O–H groups in total. The van der Waals surface area contributed by atoms with Gasteiger partial charge in [-0.1, -0.05) is 19.9 Å². The number of nitrogens with zero attached hydrogens (tertiary/aromatic N) is 2. The minimum absolute atomic E-state index is 0.0968. The van der Waals surface area contributed by atoms with Crippen LogP contribution in [0.3, 0.4) is 0 Å². The smallest absolute Gasteiger partial charge is 0.225 e. The van der Waals surface area contributed by atoms with E-state index in [1.165, 1.54) is 4.88 Å². The predicted octanol–water partition coefficient (Wildman–Crippen LogP) is 2.68. The second-order valence-electron chi connectivity index (χ2n) is 7.70. The number of carbonyl (C=O) groups excluding carboxylic acids is 1. The molecule has 2 fully saturated rings. The highest BCUT2D eigenvalue weighted by atomic mass is 32.1. The Morgan fingerprint density at radius 2 is 2.08 bits per heavy atom. The van der Waals surface area contributed by atoms with E-state index >= 15 is 0 Å². The van der Waals surface area contributed by atoms with E-state index in [0.29, 0.717) is 17.8 Å². The van der Waals surface area contributed by atoms with E-state index in [4.69, 9.17) is 0 Å². The molecule has 0 aromatic carbocycles. The molecule has 3 heterocycles. The minimum atomic E-state index is 0.0968. The fraction of sp³-hybridized carbons (Fsp3) is 0.737. The van der Waals surface area contributed by atoms with Crippen molar-refractivity contribution in [2.24, 2.45) is 23.7 Å². The molecule has 134 valence electrons. The number of thiophene rings is 1. The summed E-state index contributed by atoms with van der Waals surface area (Å²) >= 11 is 1.81. The third-order valence-corrected chi connectivity index (χ3v) is 6.57. The van der Waals surface area contributed by atoms with Crippen molar-refractivity contribution >= 4 is 17.2 Å². The van der Waals surface area contributed by atoms with Crippen molar-refractivity contribution in [1.82, 2.24) is 9.80 Å². The minimum Gasteiger partial charge on any atom is -0.396 e. The van der Waals surface area contributed by atoms with Gasteiger partial charge < -0.3 is 10.0 Å². The lowest BCUT2D eigenvalue weighted by atomic mass is 9.78. The molecule has 0 saturated carbocycles. The molecule has 0 unspecified atom stereocenters. The summed E-state index contributed by atoms with van der Waals surface area (Å²) in [6.45, 7) is 9.13. The maximum absolute atomic E-state index is 12.2.